The standard InChI is InChI=1S/C19H31N5O.HI/c1-19(2)16(15-6-5-9-25-17(15)19)22-18(20-3)24-8-7-13(12-24)14-10-21-23(4)11-14;/h10-11,13,15-17H,5-9,12H2,1-4H3,(H,20,22);1H. The summed E-state index contributed by atoms with van der Waals surface area (Å²) in [5, 5.41) is 8.11. The largest absolute Gasteiger partial charge is 0.377 e. The molecule has 2 saturated heterocycles. The number of likely N-dealkylation sites (tertiary alicyclic amines) is 1. The van der Waals surface area contributed by atoms with Gasteiger partial charge in [-0.3, -0.25) is 9.67 Å². The van der Waals surface area contributed by atoms with Gasteiger partial charge in [-0.05, 0) is 24.8 Å². The average Bonchev–Trinajstić information content (AvgIpc) is 3.24. The fourth-order valence-corrected chi connectivity index (χ4v) is 5.13. The highest BCUT2D eigenvalue weighted by Gasteiger charge is 2.58. The molecule has 0 bridgehead atoms. The molecule has 146 valence electrons. The van der Waals surface area contributed by atoms with Gasteiger partial charge in [0.25, 0.3) is 0 Å². The monoisotopic (exact) mass is 473 g/mol. The molecule has 4 unspecified atom stereocenters. The van der Waals surface area contributed by atoms with Gasteiger partial charge in [-0.25, -0.2) is 0 Å². The van der Waals surface area contributed by atoms with Gasteiger partial charge in [-0.2, -0.15) is 5.10 Å². The normalized spacial score (nSPS) is 33.2. The van der Waals surface area contributed by atoms with Crippen molar-refractivity contribution in [1.29, 1.82) is 0 Å². The maximum atomic E-state index is 6.04. The minimum Gasteiger partial charge on any atom is -0.377 e. The van der Waals surface area contributed by atoms with Crippen LogP contribution < -0.4 is 5.32 Å². The molecule has 26 heavy (non-hydrogen) atoms. The fourth-order valence-electron chi connectivity index (χ4n) is 5.13. The molecular weight excluding hydrogens is 441 g/mol. The zero-order valence-corrected chi connectivity index (χ0v) is 18.6. The second-order valence-corrected chi connectivity index (χ2v) is 8.47. The summed E-state index contributed by atoms with van der Waals surface area (Å²) in [5.74, 6) is 2.22. The van der Waals surface area contributed by atoms with E-state index < -0.39 is 0 Å². The number of halogens is 1. The summed E-state index contributed by atoms with van der Waals surface area (Å²) in [5.41, 5.74) is 1.51. The van der Waals surface area contributed by atoms with Crippen molar-refractivity contribution >= 4 is 29.9 Å². The predicted molar refractivity (Wildman–Crippen MR) is 114 cm³/mol. The fraction of sp³-hybridized carbons (Fsp3) is 0.789. The Morgan fingerprint density at radius 2 is 2.19 bits per heavy atom. The van der Waals surface area contributed by atoms with E-state index in [1.54, 1.807) is 0 Å². The van der Waals surface area contributed by atoms with Gasteiger partial charge in [0.1, 0.15) is 0 Å². The van der Waals surface area contributed by atoms with Gasteiger partial charge >= 0.3 is 0 Å². The highest BCUT2D eigenvalue weighted by Crippen LogP contribution is 2.51. The Hall–Kier alpha value is -0.830. The van der Waals surface area contributed by atoms with Gasteiger partial charge in [0.05, 0.1) is 12.3 Å². The molecule has 3 aliphatic rings. The summed E-state index contributed by atoms with van der Waals surface area (Å²) >= 11 is 0. The highest BCUT2D eigenvalue weighted by atomic mass is 127. The molecule has 7 heteroatoms. The summed E-state index contributed by atoms with van der Waals surface area (Å²) < 4.78 is 7.93. The van der Waals surface area contributed by atoms with Crippen LogP contribution in [0.1, 0.15) is 44.6 Å². The number of guanidine groups is 1. The van der Waals surface area contributed by atoms with Crippen molar-refractivity contribution in [3.05, 3.63) is 18.0 Å². The van der Waals surface area contributed by atoms with E-state index >= 15 is 0 Å². The van der Waals surface area contributed by atoms with Crippen LogP contribution in [-0.2, 0) is 11.8 Å². The molecule has 0 aromatic carbocycles. The molecule has 4 atom stereocenters. The molecule has 2 aliphatic heterocycles. The Balaban J connectivity index is 0.00000196. The van der Waals surface area contributed by atoms with Crippen LogP contribution in [0.5, 0.6) is 0 Å². The molecule has 1 N–H and O–H groups in total. The van der Waals surface area contributed by atoms with E-state index in [0.717, 1.165) is 32.1 Å². The minimum absolute atomic E-state index is 0. The first kappa shape index (κ1) is 19.9. The maximum absolute atomic E-state index is 6.04. The highest BCUT2D eigenvalue weighted by molar-refractivity contribution is 14.0. The Bertz CT molecular complexity index is 658. The molecule has 4 rings (SSSR count). The predicted octanol–water partition coefficient (Wildman–Crippen LogP) is 2.61. The number of hydrogen-bond donors (Lipinski definition) is 1. The smallest absolute Gasteiger partial charge is 0.193 e. The third kappa shape index (κ3) is 3.37. The lowest BCUT2D eigenvalue weighted by Crippen LogP contribution is -2.71. The Morgan fingerprint density at radius 1 is 1.38 bits per heavy atom. The summed E-state index contributed by atoms with van der Waals surface area (Å²) in [6.45, 7) is 7.64. The number of rotatable bonds is 2. The van der Waals surface area contributed by atoms with E-state index in [1.807, 2.05) is 25.0 Å². The van der Waals surface area contributed by atoms with Gasteiger partial charge < -0.3 is 15.0 Å². The van der Waals surface area contributed by atoms with Crippen molar-refractivity contribution in [1.82, 2.24) is 20.0 Å². The van der Waals surface area contributed by atoms with Gasteiger partial charge in [0.15, 0.2) is 5.96 Å². The van der Waals surface area contributed by atoms with E-state index in [2.05, 4.69) is 40.4 Å². The van der Waals surface area contributed by atoms with Gasteiger partial charge in [0, 0.05) is 63.3 Å². The molecule has 0 radical (unpaired) electrons. The molecule has 1 aromatic rings. The van der Waals surface area contributed by atoms with Crippen LogP contribution in [0.3, 0.4) is 0 Å². The lowest BCUT2D eigenvalue weighted by Gasteiger charge is -2.60. The molecule has 3 fully saturated rings. The zero-order valence-electron chi connectivity index (χ0n) is 16.3. The number of aliphatic imine (C=N–C) groups is 1. The van der Waals surface area contributed by atoms with Crippen molar-refractivity contribution in [3.8, 4) is 0 Å². The van der Waals surface area contributed by atoms with Gasteiger partial charge in [-0.15, -0.1) is 24.0 Å². The Kier molecular flexibility index (Phi) is 5.86. The average molecular weight is 473 g/mol. The van der Waals surface area contributed by atoms with Gasteiger partial charge in [0.2, 0.25) is 0 Å². The third-order valence-electron chi connectivity index (χ3n) is 6.51. The second kappa shape index (κ2) is 7.66. The van der Waals surface area contributed by atoms with Crippen molar-refractivity contribution in [2.45, 2.75) is 51.2 Å². The second-order valence-electron chi connectivity index (χ2n) is 8.47. The molecule has 1 aromatic heterocycles. The van der Waals surface area contributed by atoms with E-state index in [4.69, 9.17) is 4.74 Å². The Morgan fingerprint density at radius 3 is 2.88 bits per heavy atom. The first-order chi connectivity index (χ1) is 12.0. The van der Waals surface area contributed by atoms with Crippen molar-refractivity contribution in [2.75, 3.05) is 26.7 Å². The van der Waals surface area contributed by atoms with Crippen LogP contribution in [0.25, 0.3) is 0 Å². The summed E-state index contributed by atoms with van der Waals surface area (Å²) in [4.78, 5) is 7.01. The topological polar surface area (TPSA) is 54.7 Å². The number of aryl methyl sites for hydroxylation is 1. The number of ether oxygens (including phenoxy) is 1. The van der Waals surface area contributed by atoms with Crippen molar-refractivity contribution in [2.24, 2.45) is 23.4 Å². The van der Waals surface area contributed by atoms with E-state index in [-0.39, 0.29) is 29.4 Å². The first-order valence-corrected chi connectivity index (χ1v) is 9.59. The quantitative estimate of drug-likeness (QED) is 0.408. The number of nitrogens with one attached hydrogen (secondary N) is 1. The van der Waals surface area contributed by atoms with Crippen LogP contribution in [0.4, 0.5) is 0 Å². The molecule has 1 saturated carbocycles. The van der Waals surface area contributed by atoms with Crippen LogP contribution in [0.2, 0.25) is 0 Å². The number of aromatic nitrogens is 2. The molecule has 0 amide bonds. The molecule has 0 spiro atoms. The van der Waals surface area contributed by atoms with Crippen molar-refractivity contribution < 1.29 is 4.74 Å². The summed E-state index contributed by atoms with van der Waals surface area (Å²) in [7, 11) is 3.89. The van der Waals surface area contributed by atoms with Crippen LogP contribution in [-0.4, -0.2) is 59.5 Å². The van der Waals surface area contributed by atoms with Crippen molar-refractivity contribution in [3.63, 3.8) is 0 Å². The van der Waals surface area contributed by atoms with Gasteiger partial charge in [-0.1, -0.05) is 13.8 Å². The lowest BCUT2D eigenvalue weighted by molar-refractivity contribution is -0.188. The zero-order chi connectivity index (χ0) is 17.6. The summed E-state index contributed by atoms with van der Waals surface area (Å²) in [6, 6.07) is 0.453. The SMILES string of the molecule is CN=C(NC1C2CCCOC2C1(C)C)N1CCC(c2cnn(C)c2)C1.I. The first-order valence-electron chi connectivity index (χ1n) is 9.59. The number of hydrogen-bond acceptors (Lipinski definition) is 3. The van der Waals surface area contributed by atoms with E-state index in [1.165, 1.54) is 18.4 Å². The molecule has 3 heterocycles. The lowest BCUT2D eigenvalue weighted by atomic mass is 9.55. The third-order valence-corrected chi connectivity index (χ3v) is 6.51. The van der Waals surface area contributed by atoms with E-state index in [0.29, 0.717) is 24.0 Å². The van der Waals surface area contributed by atoms with Crippen LogP contribution in [0, 0.1) is 11.3 Å². The van der Waals surface area contributed by atoms with Crippen LogP contribution >= 0.6 is 24.0 Å². The molecule has 1 aliphatic carbocycles. The minimum atomic E-state index is 0. The maximum Gasteiger partial charge on any atom is 0.193 e. The van der Waals surface area contributed by atoms with Crippen LogP contribution in [0.15, 0.2) is 17.4 Å². The van der Waals surface area contributed by atoms with E-state index in [9.17, 15) is 0 Å². The molecule has 6 nitrogen and oxygen atoms in total. The Labute approximate surface area is 173 Å². The number of fused-ring (bicyclic) bond motifs is 1. The summed E-state index contributed by atoms with van der Waals surface area (Å²) in [6.07, 6.45) is 8.16. The molecular formula is C19H32IN5O. The number of nitrogens with zero attached hydrogens (tertiary/aromatic N) is 4.